The fraction of sp³-hybridized carbons (Fsp3) is 0.143. The summed E-state index contributed by atoms with van der Waals surface area (Å²) in [6.45, 7) is 1.43. The molecule has 0 spiro atoms. The summed E-state index contributed by atoms with van der Waals surface area (Å²) >= 11 is 11.7. The van der Waals surface area contributed by atoms with Gasteiger partial charge >= 0.3 is 0 Å². The average molecular weight is 299 g/mol. The molecule has 0 saturated heterocycles. The number of hydrogen-bond donors (Lipinski definition) is 2. The molecule has 2 nitrogen and oxygen atoms in total. The van der Waals surface area contributed by atoms with Crippen LogP contribution < -0.4 is 10.6 Å². The highest BCUT2D eigenvalue weighted by molar-refractivity contribution is 6.42. The van der Waals surface area contributed by atoms with Crippen LogP contribution in [-0.2, 0) is 0 Å². The van der Waals surface area contributed by atoms with Gasteiger partial charge in [-0.15, -0.1) is 0 Å². The highest BCUT2D eigenvalue weighted by atomic mass is 35.5. The third-order valence-corrected chi connectivity index (χ3v) is 3.29. The molecule has 100 valence electrons. The van der Waals surface area contributed by atoms with Crippen molar-refractivity contribution in [3.05, 3.63) is 58.3 Å². The van der Waals surface area contributed by atoms with Crippen molar-refractivity contribution < 1.29 is 4.39 Å². The highest BCUT2D eigenvalue weighted by Gasteiger charge is 1.98. The normalized spacial score (nSPS) is 10.3. The fourth-order valence-electron chi connectivity index (χ4n) is 1.59. The maximum Gasteiger partial charge on any atom is 0.123 e. The predicted molar refractivity (Wildman–Crippen MR) is 79.8 cm³/mol. The molecule has 2 aromatic rings. The number of hydrogen-bond acceptors (Lipinski definition) is 2. The van der Waals surface area contributed by atoms with E-state index in [0.29, 0.717) is 16.6 Å². The Balaban J connectivity index is 1.77. The Kier molecular flexibility index (Phi) is 4.88. The molecule has 0 amide bonds. The maximum absolute atomic E-state index is 12.7. The van der Waals surface area contributed by atoms with Crippen molar-refractivity contribution >= 4 is 34.6 Å². The van der Waals surface area contributed by atoms with Crippen LogP contribution in [0.3, 0.4) is 0 Å². The second kappa shape index (κ2) is 6.64. The van der Waals surface area contributed by atoms with Gasteiger partial charge in [-0.1, -0.05) is 23.2 Å². The summed E-state index contributed by atoms with van der Waals surface area (Å²) in [5, 5.41) is 7.46. The Bertz CT molecular complexity index is 544. The second-order valence-electron chi connectivity index (χ2n) is 3.99. The summed E-state index contributed by atoms with van der Waals surface area (Å²) in [6, 6.07) is 11.7. The Morgan fingerprint density at radius 2 is 1.37 bits per heavy atom. The zero-order valence-corrected chi connectivity index (χ0v) is 11.6. The van der Waals surface area contributed by atoms with Crippen molar-refractivity contribution in [1.82, 2.24) is 0 Å². The van der Waals surface area contributed by atoms with Crippen molar-refractivity contribution in [3.63, 3.8) is 0 Å². The Morgan fingerprint density at radius 3 is 2.00 bits per heavy atom. The third kappa shape index (κ3) is 4.30. The van der Waals surface area contributed by atoms with Gasteiger partial charge in [0.05, 0.1) is 10.0 Å². The van der Waals surface area contributed by atoms with Crippen molar-refractivity contribution in [2.75, 3.05) is 23.7 Å². The SMILES string of the molecule is Fc1ccc(NCCNc2ccc(Cl)c(Cl)c2)cc1. The Morgan fingerprint density at radius 1 is 0.789 bits per heavy atom. The molecule has 0 fully saturated rings. The van der Waals surface area contributed by atoms with Crippen molar-refractivity contribution in [2.45, 2.75) is 0 Å². The molecule has 0 radical (unpaired) electrons. The standard InChI is InChI=1S/C14H13Cl2FN2/c15-13-6-5-12(9-14(13)16)19-8-7-18-11-3-1-10(17)2-4-11/h1-6,9,18-19H,7-8H2. The molecule has 19 heavy (non-hydrogen) atoms. The minimum absolute atomic E-state index is 0.237. The first-order valence-electron chi connectivity index (χ1n) is 5.83. The number of halogens is 3. The van der Waals surface area contributed by atoms with Crippen LogP contribution in [0.15, 0.2) is 42.5 Å². The molecule has 0 aromatic heterocycles. The van der Waals surface area contributed by atoms with E-state index < -0.39 is 0 Å². The molecule has 0 aliphatic rings. The topological polar surface area (TPSA) is 24.1 Å². The zero-order chi connectivity index (χ0) is 13.7. The molecular formula is C14H13Cl2FN2. The fourth-order valence-corrected chi connectivity index (χ4v) is 1.89. The predicted octanol–water partition coefficient (Wildman–Crippen LogP) is 4.66. The summed E-state index contributed by atoms with van der Waals surface area (Å²) in [5.74, 6) is -0.237. The molecule has 0 aliphatic heterocycles. The van der Waals surface area contributed by atoms with Crippen LogP contribution in [0.1, 0.15) is 0 Å². The largest absolute Gasteiger partial charge is 0.383 e. The van der Waals surface area contributed by atoms with Gasteiger partial charge in [0.2, 0.25) is 0 Å². The van der Waals surface area contributed by atoms with E-state index in [2.05, 4.69) is 10.6 Å². The first kappa shape index (κ1) is 14.0. The van der Waals surface area contributed by atoms with Crippen molar-refractivity contribution in [1.29, 1.82) is 0 Å². The number of rotatable bonds is 5. The molecule has 0 unspecified atom stereocenters. The van der Waals surface area contributed by atoms with E-state index in [0.717, 1.165) is 17.9 Å². The minimum atomic E-state index is -0.237. The van der Waals surface area contributed by atoms with Crippen molar-refractivity contribution in [2.24, 2.45) is 0 Å². The zero-order valence-electron chi connectivity index (χ0n) is 10.1. The first-order valence-corrected chi connectivity index (χ1v) is 6.59. The van der Waals surface area contributed by atoms with E-state index in [1.807, 2.05) is 6.07 Å². The Labute approximate surface area is 121 Å². The van der Waals surface area contributed by atoms with Gasteiger partial charge in [0, 0.05) is 24.5 Å². The average Bonchev–Trinajstić information content (AvgIpc) is 2.41. The van der Waals surface area contributed by atoms with Crippen LogP contribution >= 0.6 is 23.2 Å². The molecular weight excluding hydrogens is 286 g/mol. The number of nitrogens with one attached hydrogen (secondary N) is 2. The lowest BCUT2D eigenvalue weighted by Gasteiger charge is -2.09. The Hall–Kier alpha value is -1.45. The lowest BCUT2D eigenvalue weighted by molar-refractivity contribution is 0.628. The molecule has 0 bridgehead atoms. The molecule has 0 atom stereocenters. The summed E-state index contributed by atoms with van der Waals surface area (Å²) in [5.41, 5.74) is 1.80. The van der Waals surface area contributed by atoms with Crippen LogP contribution in [-0.4, -0.2) is 13.1 Å². The monoisotopic (exact) mass is 298 g/mol. The number of anilines is 2. The van der Waals surface area contributed by atoms with E-state index in [1.165, 1.54) is 12.1 Å². The van der Waals surface area contributed by atoms with Gasteiger partial charge in [0.1, 0.15) is 5.82 Å². The van der Waals surface area contributed by atoms with Crippen molar-refractivity contribution in [3.8, 4) is 0 Å². The van der Waals surface area contributed by atoms with Crippen LogP contribution in [0.4, 0.5) is 15.8 Å². The molecule has 2 rings (SSSR count). The lowest BCUT2D eigenvalue weighted by Crippen LogP contribution is -2.13. The van der Waals surface area contributed by atoms with E-state index in [4.69, 9.17) is 23.2 Å². The van der Waals surface area contributed by atoms with Gasteiger partial charge in [-0.05, 0) is 42.5 Å². The second-order valence-corrected chi connectivity index (χ2v) is 4.80. The molecule has 0 aliphatic carbocycles. The van der Waals surface area contributed by atoms with Crippen LogP contribution in [0.2, 0.25) is 10.0 Å². The summed E-state index contributed by atoms with van der Waals surface area (Å²) in [6.07, 6.45) is 0. The lowest BCUT2D eigenvalue weighted by atomic mass is 10.3. The van der Waals surface area contributed by atoms with Gasteiger partial charge in [-0.3, -0.25) is 0 Å². The minimum Gasteiger partial charge on any atom is -0.383 e. The first-order chi connectivity index (χ1) is 9.15. The van der Waals surface area contributed by atoms with E-state index in [1.54, 1.807) is 24.3 Å². The molecule has 2 aromatic carbocycles. The van der Waals surface area contributed by atoms with Gasteiger partial charge in [-0.25, -0.2) is 4.39 Å². The summed E-state index contributed by atoms with van der Waals surface area (Å²) in [7, 11) is 0. The van der Waals surface area contributed by atoms with Gasteiger partial charge in [0.15, 0.2) is 0 Å². The number of benzene rings is 2. The molecule has 0 saturated carbocycles. The van der Waals surface area contributed by atoms with Crippen LogP contribution in [0, 0.1) is 5.82 Å². The summed E-state index contributed by atoms with van der Waals surface area (Å²) in [4.78, 5) is 0. The quantitative estimate of drug-likeness (QED) is 0.785. The molecule has 2 N–H and O–H groups in total. The van der Waals surface area contributed by atoms with E-state index >= 15 is 0 Å². The van der Waals surface area contributed by atoms with E-state index in [-0.39, 0.29) is 5.82 Å². The van der Waals surface area contributed by atoms with Gasteiger partial charge in [0.25, 0.3) is 0 Å². The van der Waals surface area contributed by atoms with Gasteiger partial charge in [-0.2, -0.15) is 0 Å². The van der Waals surface area contributed by atoms with Crippen LogP contribution in [0.5, 0.6) is 0 Å². The molecule has 0 heterocycles. The third-order valence-electron chi connectivity index (χ3n) is 2.55. The van der Waals surface area contributed by atoms with E-state index in [9.17, 15) is 4.39 Å². The van der Waals surface area contributed by atoms with Crippen LogP contribution in [0.25, 0.3) is 0 Å². The maximum atomic E-state index is 12.7. The highest BCUT2D eigenvalue weighted by Crippen LogP contribution is 2.24. The van der Waals surface area contributed by atoms with Gasteiger partial charge < -0.3 is 10.6 Å². The molecule has 5 heteroatoms. The smallest absolute Gasteiger partial charge is 0.123 e. The summed E-state index contributed by atoms with van der Waals surface area (Å²) < 4.78 is 12.7.